The molecule has 1 heteroatoms. The van der Waals surface area contributed by atoms with Crippen molar-refractivity contribution in [2.75, 3.05) is 0 Å². The predicted octanol–water partition coefficient (Wildman–Crippen LogP) is 4.86. The summed E-state index contributed by atoms with van der Waals surface area (Å²) >= 11 is 0. The quantitative estimate of drug-likeness (QED) is 0.574. The third kappa shape index (κ3) is 1.28. The molecule has 0 amide bonds. The SMILES string of the molecule is Cc1c(C)c(C)c2c([nH]c3cccc(C)c32)c1C. The van der Waals surface area contributed by atoms with Crippen molar-refractivity contribution in [1.82, 2.24) is 4.98 Å². The molecule has 0 bridgehead atoms. The van der Waals surface area contributed by atoms with Gasteiger partial charge in [-0.3, -0.25) is 0 Å². The first-order valence-electron chi connectivity index (χ1n) is 6.49. The first-order chi connectivity index (χ1) is 8.52. The third-order valence-corrected chi connectivity index (χ3v) is 4.47. The maximum atomic E-state index is 3.60. The van der Waals surface area contributed by atoms with Crippen LogP contribution in [0, 0.1) is 34.6 Å². The summed E-state index contributed by atoms with van der Waals surface area (Å²) in [7, 11) is 0. The third-order valence-electron chi connectivity index (χ3n) is 4.47. The molecule has 1 nitrogen and oxygen atoms in total. The molecule has 1 aromatic heterocycles. The molecule has 1 heterocycles. The van der Waals surface area contributed by atoms with Crippen LogP contribution in [-0.4, -0.2) is 4.98 Å². The lowest BCUT2D eigenvalue weighted by Crippen LogP contribution is -1.92. The molecule has 92 valence electrons. The highest BCUT2D eigenvalue weighted by molar-refractivity contribution is 6.12. The summed E-state index contributed by atoms with van der Waals surface area (Å²) in [4.78, 5) is 3.60. The lowest BCUT2D eigenvalue weighted by molar-refractivity contribution is 1.24. The van der Waals surface area contributed by atoms with Crippen LogP contribution in [0.4, 0.5) is 0 Å². The first kappa shape index (κ1) is 11.3. The van der Waals surface area contributed by atoms with Gasteiger partial charge in [0.15, 0.2) is 0 Å². The predicted molar refractivity (Wildman–Crippen MR) is 79.5 cm³/mol. The minimum atomic E-state index is 1.25. The van der Waals surface area contributed by atoms with Crippen molar-refractivity contribution >= 4 is 21.8 Å². The molecule has 0 atom stereocenters. The Bertz CT molecular complexity index is 775. The monoisotopic (exact) mass is 237 g/mol. The fourth-order valence-electron chi connectivity index (χ4n) is 3.02. The van der Waals surface area contributed by atoms with Gasteiger partial charge >= 0.3 is 0 Å². The van der Waals surface area contributed by atoms with E-state index in [2.05, 4.69) is 57.8 Å². The van der Waals surface area contributed by atoms with Gasteiger partial charge in [-0.25, -0.2) is 0 Å². The lowest BCUT2D eigenvalue weighted by Gasteiger charge is -2.11. The summed E-state index contributed by atoms with van der Waals surface area (Å²) in [6.07, 6.45) is 0. The van der Waals surface area contributed by atoms with Gasteiger partial charge in [-0.2, -0.15) is 0 Å². The molecule has 0 spiro atoms. The van der Waals surface area contributed by atoms with Crippen LogP contribution in [0.15, 0.2) is 18.2 Å². The average Bonchev–Trinajstić information content (AvgIpc) is 2.75. The van der Waals surface area contributed by atoms with E-state index in [9.17, 15) is 0 Å². The Hall–Kier alpha value is -1.76. The number of aromatic nitrogens is 1. The molecule has 0 unspecified atom stereocenters. The number of aryl methyl sites for hydroxylation is 3. The van der Waals surface area contributed by atoms with E-state index >= 15 is 0 Å². The van der Waals surface area contributed by atoms with Crippen LogP contribution in [0.3, 0.4) is 0 Å². The molecule has 1 N–H and O–H groups in total. The molecule has 0 aliphatic heterocycles. The molecule has 0 radical (unpaired) electrons. The van der Waals surface area contributed by atoms with Crippen LogP contribution in [0.1, 0.15) is 27.8 Å². The van der Waals surface area contributed by atoms with E-state index in [1.807, 2.05) is 0 Å². The van der Waals surface area contributed by atoms with Gasteiger partial charge in [-0.15, -0.1) is 0 Å². The summed E-state index contributed by atoms with van der Waals surface area (Å²) in [6, 6.07) is 6.49. The second-order valence-corrected chi connectivity index (χ2v) is 5.37. The number of hydrogen-bond acceptors (Lipinski definition) is 0. The highest BCUT2D eigenvalue weighted by atomic mass is 14.7. The Labute approximate surface area is 108 Å². The van der Waals surface area contributed by atoms with E-state index in [1.54, 1.807) is 0 Å². The maximum absolute atomic E-state index is 3.60. The van der Waals surface area contributed by atoms with Crippen molar-refractivity contribution in [2.24, 2.45) is 0 Å². The number of rotatable bonds is 0. The number of benzene rings is 2. The van der Waals surface area contributed by atoms with Gasteiger partial charge in [-0.1, -0.05) is 12.1 Å². The zero-order chi connectivity index (χ0) is 13.0. The van der Waals surface area contributed by atoms with Crippen LogP contribution in [-0.2, 0) is 0 Å². The fraction of sp³-hybridized carbons (Fsp3) is 0.294. The van der Waals surface area contributed by atoms with Crippen molar-refractivity contribution in [1.29, 1.82) is 0 Å². The average molecular weight is 237 g/mol. The topological polar surface area (TPSA) is 15.8 Å². The van der Waals surface area contributed by atoms with E-state index in [1.165, 1.54) is 49.6 Å². The molecule has 0 fully saturated rings. The highest BCUT2D eigenvalue weighted by Gasteiger charge is 2.14. The fourth-order valence-corrected chi connectivity index (χ4v) is 3.02. The standard InChI is InChI=1S/C17H19N/c1-9-7-6-8-14-15(9)16-12(4)10(2)11(3)13(5)17(16)18-14/h6-8,18H,1-5H3. The summed E-state index contributed by atoms with van der Waals surface area (Å²) in [5.41, 5.74) is 9.52. The molecule has 0 saturated carbocycles. The lowest BCUT2D eigenvalue weighted by atomic mass is 9.93. The Kier molecular flexibility index (Phi) is 2.28. The Morgan fingerprint density at radius 3 is 2.11 bits per heavy atom. The van der Waals surface area contributed by atoms with E-state index in [4.69, 9.17) is 0 Å². The number of hydrogen-bond donors (Lipinski definition) is 1. The van der Waals surface area contributed by atoms with Crippen LogP contribution in [0.5, 0.6) is 0 Å². The van der Waals surface area contributed by atoms with Crippen molar-refractivity contribution < 1.29 is 0 Å². The Morgan fingerprint density at radius 1 is 0.722 bits per heavy atom. The molecule has 0 aliphatic rings. The van der Waals surface area contributed by atoms with Crippen LogP contribution in [0.25, 0.3) is 21.8 Å². The first-order valence-corrected chi connectivity index (χ1v) is 6.49. The van der Waals surface area contributed by atoms with Crippen molar-refractivity contribution in [3.63, 3.8) is 0 Å². The molecular weight excluding hydrogens is 218 g/mol. The van der Waals surface area contributed by atoms with Gasteiger partial charge in [0, 0.05) is 21.8 Å². The molecular formula is C17H19N. The molecule has 3 aromatic rings. The van der Waals surface area contributed by atoms with Gasteiger partial charge < -0.3 is 4.98 Å². The van der Waals surface area contributed by atoms with Gasteiger partial charge in [0.1, 0.15) is 0 Å². The zero-order valence-electron chi connectivity index (χ0n) is 11.7. The molecule has 18 heavy (non-hydrogen) atoms. The molecule has 2 aromatic carbocycles. The molecule has 3 rings (SSSR count). The van der Waals surface area contributed by atoms with Gasteiger partial charge in [0.25, 0.3) is 0 Å². The van der Waals surface area contributed by atoms with E-state index in [0.29, 0.717) is 0 Å². The van der Waals surface area contributed by atoms with Crippen molar-refractivity contribution in [3.8, 4) is 0 Å². The van der Waals surface area contributed by atoms with Crippen LogP contribution >= 0.6 is 0 Å². The van der Waals surface area contributed by atoms with Crippen molar-refractivity contribution in [2.45, 2.75) is 34.6 Å². The van der Waals surface area contributed by atoms with E-state index in [0.717, 1.165) is 0 Å². The number of fused-ring (bicyclic) bond motifs is 3. The van der Waals surface area contributed by atoms with Crippen LogP contribution in [0.2, 0.25) is 0 Å². The number of nitrogens with one attached hydrogen (secondary N) is 1. The molecule has 0 saturated heterocycles. The largest absolute Gasteiger partial charge is 0.354 e. The second-order valence-electron chi connectivity index (χ2n) is 5.37. The summed E-state index contributed by atoms with van der Waals surface area (Å²) < 4.78 is 0. The van der Waals surface area contributed by atoms with E-state index < -0.39 is 0 Å². The number of aromatic amines is 1. The highest BCUT2D eigenvalue weighted by Crippen LogP contribution is 2.35. The second kappa shape index (κ2) is 3.61. The van der Waals surface area contributed by atoms with Gasteiger partial charge in [0.05, 0.1) is 0 Å². The Morgan fingerprint density at radius 2 is 1.39 bits per heavy atom. The Balaban J connectivity index is 2.69. The van der Waals surface area contributed by atoms with Gasteiger partial charge in [0.2, 0.25) is 0 Å². The van der Waals surface area contributed by atoms with Crippen molar-refractivity contribution in [3.05, 3.63) is 46.0 Å². The summed E-state index contributed by atoms with van der Waals surface area (Å²) in [5.74, 6) is 0. The smallest absolute Gasteiger partial charge is 0.0500 e. The zero-order valence-corrected chi connectivity index (χ0v) is 11.7. The van der Waals surface area contributed by atoms with Crippen LogP contribution < -0.4 is 0 Å². The summed E-state index contributed by atoms with van der Waals surface area (Å²) in [5, 5.41) is 2.79. The minimum Gasteiger partial charge on any atom is -0.354 e. The van der Waals surface area contributed by atoms with Gasteiger partial charge in [-0.05, 0) is 68.5 Å². The maximum Gasteiger partial charge on any atom is 0.0500 e. The number of H-pyrrole nitrogens is 1. The molecule has 0 aliphatic carbocycles. The summed E-state index contributed by atoms with van der Waals surface area (Å²) in [6.45, 7) is 11.1. The van der Waals surface area contributed by atoms with E-state index in [-0.39, 0.29) is 0 Å². The minimum absolute atomic E-state index is 1.25. The normalized spacial score (nSPS) is 11.6.